The molecule has 1 atom stereocenters. The molecule has 10 heavy (non-hydrogen) atoms. The van der Waals surface area contributed by atoms with Crippen molar-refractivity contribution in [3.63, 3.8) is 0 Å². The van der Waals surface area contributed by atoms with Gasteiger partial charge in [-0.05, 0) is 30.9 Å². The van der Waals surface area contributed by atoms with Crippen molar-refractivity contribution in [1.29, 1.82) is 0 Å². The first-order valence-electron chi connectivity index (χ1n) is 3.06. The van der Waals surface area contributed by atoms with Gasteiger partial charge in [-0.3, -0.25) is 0 Å². The zero-order valence-corrected chi connectivity index (χ0v) is 6.79. The Hall–Kier alpha value is -0.750. The topological polar surface area (TPSA) is 43.1 Å². The van der Waals surface area contributed by atoms with E-state index in [4.69, 9.17) is 5.73 Å². The maximum absolute atomic E-state index is 10.9. The maximum atomic E-state index is 10.9. The first kappa shape index (κ1) is 7.36. The molecule has 0 saturated carbocycles. The molecule has 2 N–H and O–H groups in total. The number of nitrogens with two attached hydrogens (primary N) is 1. The van der Waals surface area contributed by atoms with Gasteiger partial charge >= 0.3 is 0 Å². The summed E-state index contributed by atoms with van der Waals surface area (Å²) in [5.41, 5.74) is 6.15. The largest absolute Gasteiger partial charge is 0.399 e. The smallest absolute Gasteiger partial charge is 0.101 e. The summed E-state index contributed by atoms with van der Waals surface area (Å²) in [5.74, 6) is 0. The predicted molar refractivity (Wildman–Crippen MR) is 45.4 cm³/mol. The van der Waals surface area contributed by atoms with Crippen LogP contribution in [0.5, 0.6) is 0 Å². The number of anilines is 1. The van der Waals surface area contributed by atoms with Crippen molar-refractivity contribution >= 4 is 18.8 Å². The Morgan fingerprint density at radius 1 is 1.30 bits per heavy atom. The number of rotatable bonds is 1. The van der Waals surface area contributed by atoms with Gasteiger partial charge in [0.25, 0.3) is 0 Å². The molecular weight excluding hydrogens is 145 g/mol. The van der Waals surface area contributed by atoms with Crippen LogP contribution in [0.4, 0.5) is 5.69 Å². The molecule has 0 aromatic heterocycles. The Morgan fingerprint density at radius 2 is 1.80 bits per heavy atom. The minimum absolute atomic E-state index is 0.715. The van der Waals surface area contributed by atoms with Crippen LogP contribution in [0.3, 0.4) is 0 Å². The predicted octanol–water partition coefficient (Wildman–Crippen LogP) is 1.08. The third-order valence-electron chi connectivity index (χ3n) is 1.32. The Bertz CT molecular complexity index is 242. The highest BCUT2D eigenvalue weighted by Gasteiger charge is 1.93. The van der Waals surface area contributed by atoms with Crippen molar-refractivity contribution in [2.75, 3.05) is 12.4 Å². The monoisotopic (exact) mass is 155 g/mol. The fourth-order valence-electron chi connectivity index (χ4n) is 0.718. The molecule has 0 heterocycles. The third-order valence-corrected chi connectivity index (χ3v) is 2.46. The average Bonchev–Trinajstić information content (AvgIpc) is 1.88. The third kappa shape index (κ3) is 1.61. The number of nitrogen functional groups attached to an aromatic ring is 1. The summed E-state index contributed by atoms with van der Waals surface area (Å²) in [4.78, 5) is 0. The van der Waals surface area contributed by atoms with Gasteiger partial charge in [-0.15, -0.1) is 0 Å². The summed E-state index contributed by atoms with van der Waals surface area (Å²) in [6.07, 6.45) is 0. The molecule has 1 aromatic carbocycles. The van der Waals surface area contributed by atoms with Crippen LogP contribution in [-0.2, 0) is 4.57 Å². The maximum Gasteiger partial charge on any atom is 0.101 e. The van der Waals surface area contributed by atoms with E-state index in [1.54, 1.807) is 30.9 Å². The number of hydrogen-bond acceptors (Lipinski definition) is 2. The molecule has 1 aromatic rings. The second-order valence-corrected chi connectivity index (χ2v) is 3.87. The lowest BCUT2D eigenvalue weighted by Gasteiger charge is -1.95. The molecule has 0 aliphatic rings. The van der Waals surface area contributed by atoms with E-state index >= 15 is 0 Å². The summed E-state index contributed by atoms with van der Waals surface area (Å²) in [7, 11) is -1.53. The average molecular weight is 155 g/mol. The first-order chi connectivity index (χ1) is 4.70. The second-order valence-electron chi connectivity index (χ2n) is 2.18. The normalized spacial score (nSPS) is 12.9. The summed E-state index contributed by atoms with van der Waals surface area (Å²) in [6, 6.07) is 7.13. The van der Waals surface area contributed by atoms with Crippen LogP contribution in [0, 0.1) is 0 Å². The highest BCUT2D eigenvalue weighted by Crippen LogP contribution is 2.13. The molecule has 0 radical (unpaired) electrons. The van der Waals surface area contributed by atoms with Crippen molar-refractivity contribution in [3.8, 4) is 0 Å². The van der Waals surface area contributed by atoms with Crippen molar-refractivity contribution in [3.05, 3.63) is 24.3 Å². The SMILES string of the molecule is C[PH](=O)c1ccc(N)cc1. The molecule has 0 aliphatic heterocycles. The van der Waals surface area contributed by atoms with Gasteiger partial charge in [0.15, 0.2) is 0 Å². The van der Waals surface area contributed by atoms with E-state index in [0.717, 1.165) is 5.30 Å². The zero-order chi connectivity index (χ0) is 7.56. The molecule has 0 saturated heterocycles. The molecule has 0 amide bonds. The Morgan fingerprint density at radius 3 is 2.20 bits per heavy atom. The van der Waals surface area contributed by atoms with Crippen LogP contribution in [0.25, 0.3) is 0 Å². The Kier molecular flexibility index (Phi) is 2.13. The van der Waals surface area contributed by atoms with Gasteiger partial charge in [0.05, 0.1) is 0 Å². The lowest BCUT2D eigenvalue weighted by atomic mass is 10.3. The van der Waals surface area contributed by atoms with Gasteiger partial charge in [-0.25, -0.2) is 0 Å². The standard InChI is InChI=1S/C7H10NOP/c1-10(9)7-4-2-6(8)3-5-7/h2-5,10H,8H2,1H3. The Balaban J connectivity index is 3.00. The van der Waals surface area contributed by atoms with E-state index in [9.17, 15) is 4.57 Å². The van der Waals surface area contributed by atoms with Crippen LogP contribution >= 0.6 is 7.80 Å². The van der Waals surface area contributed by atoms with E-state index in [2.05, 4.69) is 0 Å². The van der Waals surface area contributed by atoms with Crippen LogP contribution in [0.15, 0.2) is 24.3 Å². The summed E-state index contributed by atoms with van der Waals surface area (Å²) < 4.78 is 10.9. The van der Waals surface area contributed by atoms with Crippen molar-refractivity contribution in [1.82, 2.24) is 0 Å². The van der Waals surface area contributed by atoms with E-state index < -0.39 is 7.80 Å². The fourth-order valence-corrected chi connectivity index (χ4v) is 1.35. The molecule has 0 fully saturated rings. The van der Waals surface area contributed by atoms with Crippen molar-refractivity contribution in [2.45, 2.75) is 0 Å². The molecule has 0 aliphatic carbocycles. The minimum atomic E-state index is -1.53. The van der Waals surface area contributed by atoms with Gasteiger partial charge in [0.2, 0.25) is 0 Å². The van der Waals surface area contributed by atoms with Gasteiger partial charge < -0.3 is 10.3 Å². The van der Waals surface area contributed by atoms with Crippen LogP contribution in [0.1, 0.15) is 0 Å². The lowest BCUT2D eigenvalue weighted by Crippen LogP contribution is -1.94. The quantitative estimate of drug-likeness (QED) is 0.487. The highest BCUT2D eigenvalue weighted by molar-refractivity contribution is 7.52. The van der Waals surface area contributed by atoms with E-state index in [-0.39, 0.29) is 0 Å². The molecule has 0 bridgehead atoms. The van der Waals surface area contributed by atoms with Crippen LogP contribution < -0.4 is 11.0 Å². The second kappa shape index (κ2) is 2.89. The van der Waals surface area contributed by atoms with E-state index in [1.165, 1.54) is 0 Å². The van der Waals surface area contributed by atoms with Gasteiger partial charge in [-0.1, -0.05) is 0 Å². The number of hydrogen-bond donors (Lipinski definition) is 1. The summed E-state index contributed by atoms with van der Waals surface area (Å²) in [6.45, 7) is 1.72. The van der Waals surface area contributed by atoms with Gasteiger partial charge in [-0.2, -0.15) is 0 Å². The molecule has 54 valence electrons. The highest BCUT2D eigenvalue weighted by atomic mass is 31.1. The fraction of sp³-hybridized carbons (Fsp3) is 0.143. The molecule has 1 rings (SSSR count). The van der Waals surface area contributed by atoms with E-state index in [0.29, 0.717) is 5.69 Å². The van der Waals surface area contributed by atoms with Crippen molar-refractivity contribution in [2.24, 2.45) is 0 Å². The van der Waals surface area contributed by atoms with Gasteiger partial charge in [0, 0.05) is 11.0 Å². The molecular formula is C7H10NOP. The number of benzene rings is 1. The lowest BCUT2D eigenvalue weighted by molar-refractivity contribution is 0.596. The van der Waals surface area contributed by atoms with E-state index in [1.807, 2.05) is 0 Å². The first-order valence-corrected chi connectivity index (χ1v) is 4.97. The van der Waals surface area contributed by atoms with Gasteiger partial charge in [0.1, 0.15) is 7.80 Å². The molecule has 0 spiro atoms. The summed E-state index contributed by atoms with van der Waals surface area (Å²) >= 11 is 0. The van der Waals surface area contributed by atoms with Crippen molar-refractivity contribution < 1.29 is 4.57 Å². The molecule has 3 heteroatoms. The molecule has 1 unspecified atom stereocenters. The minimum Gasteiger partial charge on any atom is -0.399 e. The Labute approximate surface area is 60.8 Å². The summed E-state index contributed by atoms with van der Waals surface area (Å²) in [5, 5.41) is 0.888. The zero-order valence-electron chi connectivity index (χ0n) is 5.79. The van der Waals surface area contributed by atoms with Crippen LogP contribution in [-0.4, -0.2) is 6.66 Å². The molecule has 2 nitrogen and oxygen atoms in total. The van der Waals surface area contributed by atoms with Crippen LogP contribution in [0.2, 0.25) is 0 Å².